The quantitative estimate of drug-likeness (QED) is 0.179. The maximum atomic E-state index is 6.38. The van der Waals surface area contributed by atoms with Gasteiger partial charge in [0.25, 0.3) is 0 Å². The normalized spacial score (nSPS) is 12.1. The zero-order chi connectivity index (χ0) is 38.6. The molecule has 0 radical (unpaired) electrons. The van der Waals surface area contributed by atoms with Crippen molar-refractivity contribution < 1.29 is 4.42 Å². The molecule has 0 saturated carbocycles. The van der Waals surface area contributed by atoms with Crippen molar-refractivity contribution >= 4 is 96.8 Å². The van der Waals surface area contributed by atoms with Crippen molar-refractivity contribution in [3.63, 3.8) is 0 Å². The molecule has 13 aromatic rings. The van der Waals surface area contributed by atoms with Crippen LogP contribution in [0, 0.1) is 0 Å². The Balaban J connectivity index is 1.14. The van der Waals surface area contributed by atoms with E-state index in [-0.39, 0.29) is 0 Å². The Hall–Kier alpha value is -7.67. The molecule has 0 saturated heterocycles. The molecule has 59 heavy (non-hydrogen) atoms. The van der Waals surface area contributed by atoms with E-state index in [2.05, 4.69) is 168 Å². The molecule has 0 aliphatic heterocycles. The summed E-state index contributed by atoms with van der Waals surface area (Å²) in [6.45, 7) is 0. The lowest BCUT2D eigenvalue weighted by atomic mass is 9.99. The molecule has 0 unspecified atom stereocenters. The monoisotopic (exact) mass is 770 g/mol. The highest BCUT2D eigenvalue weighted by Crippen LogP contribution is 2.45. The molecular formula is C53H30N4OS. The van der Waals surface area contributed by atoms with E-state index in [9.17, 15) is 0 Å². The zero-order valence-corrected chi connectivity index (χ0v) is 32.2. The highest BCUT2D eigenvalue weighted by atomic mass is 32.1. The first kappa shape index (κ1) is 32.4. The summed E-state index contributed by atoms with van der Waals surface area (Å²) < 4.78 is 11.2. The van der Waals surface area contributed by atoms with Gasteiger partial charge in [-0.1, -0.05) is 140 Å². The Labute approximate surface area is 341 Å². The number of para-hydroxylation sites is 2. The average molecular weight is 771 g/mol. The number of hydrogen-bond donors (Lipinski definition) is 0. The van der Waals surface area contributed by atoms with Gasteiger partial charge in [-0.2, -0.15) is 9.97 Å². The summed E-state index contributed by atoms with van der Waals surface area (Å²) in [5, 5.41) is 11.6. The lowest BCUT2D eigenvalue weighted by Crippen LogP contribution is -2.07. The minimum Gasteiger partial charge on any atom is -0.456 e. The zero-order valence-electron chi connectivity index (χ0n) is 31.4. The van der Waals surface area contributed by atoms with Gasteiger partial charge >= 0.3 is 0 Å². The Morgan fingerprint density at radius 3 is 1.88 bits per heavy atom. The predicted molar refractivity (Wildman–Crippen MR) is 246 cm³/mol. The van der Waals surface area contributed by atoms with Crippen LogP contribution in [-0.4, -0.2) is 19.5 Å². The molecule has 5 nitrogen and oxygen atoms in total. The second-order valence-electron chi connectivity index (χ2n) is 15.2. The van der Waals surface area contributed by atoms with Gasteiger partial charge in [-0.05, 0) is 64.0 Å². The van der Waals surface area contributed by atoms with Crippen molar-refractivity contribution in [2.24, 2.45) is 0 Å². The number of thiophene rings is 1. The molecule has 0 bridgehead atoms. The third-order valence-corrected chi connectivity index (χ3v) is 13.0. The molecule has 0 atom stereocenters. The third-order valence-electron chi connectivity index (χ3n) is 11.8. The molecule has 0 N–H and O–H groups in total. The Kier molecular flexibility index (Phi) is 6.82. The SMILES string of the molecule is c1ccc2cc(-c3nc(-c4ccc5c(c4)oc4ccccc45)nc(-n4c5cc6ccccc6cc5c5cccc(-c6cccc7c6sc6ccccc67)c54)n3)ccc2c1. The van der Waals surface area contributed by atoms with Gasteiger partial charge in [0.15, 0.2) is 11.6 Å². The first-order valence-corrected chi connectivity index (χ1v) is 20.6. The summed E-state index contributed by atoms with van der Waals surface area (Å²) in [6, 6.07) is 64.5. The van der Waals surface area contributed by atoms with E-state index in [0.29, 0.717) is 17.6 Å². The third kappa shape index (κ3) is 4.94. The molecule has 4 aromatic heterocycles. The fraction of sp³-hybridized carbons (Fsp3) is 0. The van der Waals surface area contributed by atoms with Gasteiger partial charge in [-0.25, -0.2) is 4.98 Å². The number of hydrogen-bond acceptors (Lipinski definition) is 5. The number of furan rings is 1. The molecule has 4 heterocycles. The van der Waals surface area contributed by atoms with E-state index in [1.54, 1.807) is 0 Å². The van der Waals surface area contributed by atoms with Crippen molar-refractivity contribution in [3.8, 4) is 39.9 Å². The van der Waals surface area contributed by atoms with E-state index in [4.69, 9.17) is 19.4 Å². The van der Waals surface area contributed by atoms with Crippen LogP contribution in [-0.2, 0) is 0 Å². The second-order valence-corrected chi connectivity index (χ2v) is 16.2. The van der Waals surface area contributed by atoms with Crippen LogP contribution in [0.4, 0.5) is 0 Å². The van der Waals surface area contributed by atoms with Crippen molar-refractivity contribution in [3.05, 3.63) is 182 Å². The minimum absolute atomic E-state index is 0.550. The second kappa shape index (κ2) is 12.4. The lowest BCUT2D eigenvalue weighted by Gasteiger charge is -2.14. The molecular weight excluding hydrogens is 741 g/mol. The fourth-order valence-corrected chi connectivity index (χ4v) is 10.3. The van der Waals surface area contributed by atoms with Crippen molar-refractivity contribution in [1.29, 1.82) is 0 Å². The van der Waals surface area contributed by atoms with Gasteiger partial charge in [-0.3, -0.25) is 4.57 Å². The number of rotatable bonds is 4. The molecule has 9 aromatic carbocycles. The van der Waals surface area contributed by atoms with Crippen LogP contribution in [0.3, 0.4) is 0 Å². The van der Waals surface area contributed by atoms with Crippen LogP contribution in [0.25, 0.3) is 125 Å². The van der Waals surface area contributed by atoms with Crippen molar-refractivity contribution in [2.75, 3.05) is 0 Å². The smallest absolute Gasteiger partial charge is 0.238 e. The summed E-state index contributed by atoms with van der Waals surface area (Å²) >= 11 is 1.85. The number of nitrogens with zero attached hydrogens (tertiary/aromatic N) is 4. The standard InChI is InChI=1S/C53H30N4OS/c1-2-12-32-27-35(24-23-31(32)11-1)51-54-52(36-25-26-38-37-15-5-7-21-46(37)58-47(38)30-36)56-53(55-51)57-45-29-34-14-4-3-13-33(34)28-44(45)41-18-9-17-40(49(41)57)43-20-10-19-42-39-16-6-8-22-48(39)59-50(42)43/h1-30H. The van der Waals surface area contributed by atoms with E-state index >= 15 is 0 Å². The van der Waals surface area contributed by atoms with Crippen molar-refractivity contribution in [1.82, 2.24) is 19.5 Å². The Morgan fingerprint density at radius 1 is 0.407 bits per heavy atom. The average Bonchev–Trinajstić information content (AvgIpc) is 3.97. The highest BCUT2D eigenvalue weighted by molar-refractivity contribution is 7.26. The van der Waals surface area contributed by atoms with Gasteiger partial charge in [0.1, 0.15) is 11.2 Å². The van der Waals surface area contributed by atoms with Crippen LogP contribution in [0.15, 0.2) is 186 Å². The minimum atomic E-state index is 0.550. The number of aromatic nitrogens is 4. The summed E-state index contributed by atoms with van der Waals surface area (Å²) in [6.07, 6.45) is 0. The van der Waals surface area contributed by atoms with Crippen LogP contribution < -0.4 is 0 Å². The van der Waals surface area contributed by atoms with Crippen molar-refractivity contribution in [2.45, 2.75) is 0 Å². The number of benzene rings is 9. The van der Waals surface area contributed by atoms with E-state index in [1.165, 1.54) is 31.1 Å². The largest absolute Gasteiger partial charge is 0.456 e. The van der Waals surface area contributed by atoms with E-state index < -0.39 is 0 Å². The first-order valence-electron chi connectivity index (χ1n) is 19.8. The molecule has 0 fully saturated rings. The Morgan fingerprint density at radius 2 is 1.03 bits per heavy atom. The van der Waals surface area contributed by atoms with Crippen LogP contribution in [0.1, 0.15) is 0 Å². The van der Waals surface area contributed by atoms with Crippen LogP contribution in [0.2, 0.25) is 0 Å². The molecule has 6 heteroatoms. The predicted octanol–water partition coefficient (Wildman–Crippen LogP) is 14.5. The summed E-state index contributed by atoms with van der Waals surface area (Å²) in [5.74, 6) is 1.72. The van der Waals surface area contributed by atoms with Gasteiger partial charge < -0.3 is 4.42 Å². The molecule has 13 rings (SSSR count). The van der Waals surface area contributed by atoms with Gasteiger partial charge in [0, 0.05) is 64.0 Å². The molecule has 274 valence electrons. The van der Waals surface area contributed by atoms with E-state index in [1.807, 2.05) is 29.5 Å². The number of fused-ring (bicyclic) bond motifs is 11. The van der Waals surface area contributed by atoms with Gasteiger partial charge in [-0.15, -0.1) is 11.3 Å². The first-order chi connectivity index (χ1) is 29.2. The maximum Gasteiger partial charge on any atom is 0.238 e. The topological polar surface area (TPSA) is 56.7 Å². The molecule has 0 amide bonds. The summed E-state index contributed by atoms with van der Waals surface area (Å²) in [5.41, 5.74) is 7.80. The fourth-order valence-electron chi connectivity index (χ4n) is 9.05. The summed E-state index contributed by atoms with van der Waals surface area (Å²) in [4.78, 5) is 16.0. The lowest BCUT2D eigenvalue weighted by molar-refractivity contribution is 0.669. The molecule has 0 aliphatic carbocycles. The molecule has 0 aliphatic rings. The van der Waals surface area contributed by atoms with Gasteiger partial charge in [0.05, 0.1) is 11.0 Å². The highest BCUT2D eigenvalue weighted by Gasteiger charge is 2.23. The van der Waals surface area contributed by atoms with Crippen LogP contribution in [0.5, 0.6) is 0 Å². The van der Waals surface area contributed by atoms with Gasteiger partial charge in [0.2, 0.25) is 5.95 Å². The van der Waals surface area contributed by atoms with Crippen LogP contribution >= 0.6 is 11.3 Å². The molecule has 0 spiro atoms. The van der Waals surface area contributed by atoms with E-state index in [0.717, 1.165) is 76.6 Å². The Bertz CT molecular complexity index is 3870. The summed E-state index contributed by atoms with van der Waals surface area (Å²) in [7, 11) is 0. The maximum absolute atomic E-state index is 6.38.